The summed E-state index contributed by atoms with van der Waals surface area (Å²) in [5, 5.41) is 10.5. The number of aromatic amines is 1. The molecule has 3 rings (SSSR count). The molecule has 114 valence electrons. The Labute approximate surface area is 137 Å². The van der Waals surface area contributed by atoms with Gasteiger partial charge in [0.2, 0.25) is 4.77 Å². The number of rotatable bonds is 3. The van der Waals surface area contributed by atoms with Gasteiger partial charge in [-0.3, -0.25) is 9.89 Å². The van der Waals surface area contributed by atoms with Crippen molar-refractivity contribution in [2.75, 3.05) is 0 Å². The second-order valence-corrected chi connectivity index (χ2v) is 5.35. The van der Waals surface area contributed by atoms with Crippen LogP contribution >= 0.6 is 12.2 Å². The Hall–Kier alpha value is -2.86. The first-order valence-corrected chi connectivity index (χ1v) is 7.44. The minimum atomic E-state index is -0.328. The highest BCUT2D eigenvalue weighted by Gasteiger charge is 2.01. The molecule has 1 aromatic heterocycles. The molecule has 0 bridgehead atoms. The molecule has 1 heterocycles. The quantitative estimate of drug-likeness (QED) is 0.595. The molecule has 0 aliphatic carbocycles. The number of hydrogen-bond donors (Lipinski definition) is 1. The summed E-state index contributed by atoms with van der Waals surface area (Å²) in [5.74, 6) is 0. The second kappa shape index (κ2) is 6.50. The number of aromatic nitrogens is 3. The van der Waals surface area contributed by atoms with E-state index in [1.165, 1.54) is 0 Å². The highest BCUT2D eigenvalue weighted by Crippen LogP contribution is 2.18. The molecular formula is C17H14N4OS. The Morgan fingerprint density at radius 1 is 1.09 bits per heavy atom. The molecule has 0 fully saturated rings. The summed E-state index contributed by atoms with van der Waals surface area (Å²) in [7, 11) is 0. The van der Waals surface area contributed by atoms with Gasteiger partial charge in [0, 0.05) is 0 Å². The van der Waals surface area contributed by atoms with E-state index in [2.05, 4.69) is 27.4 Å². The molecule has 0 saturated heterocycles. The molecule has 0 aliphatic heterocycles. The Morgan fingerprint density at radius 2 is 1.74 bits per heavy atom. The lowest BCUT2D eigenvalue weighted by Crippen LogP contribution is -2.22. The molecule has 0 radical (unpaired) electrons. The zero-order valence-corrected chi connectivity index (χ0v) is 13.2. The largest absolute Gasteiger partial charge is 0.296 e. The van der Waals surface area contributed by atoms with E-state index in [0.717, 1.165) is 21.4 Å². The fraction of sp³-hybridized carbons (Fsp3) is 0.0588. The van der Waals surface area contributed by atoms with Gasteiger partial charge in [0.1, 0.15) is 5.69 Å². The van der Waals surface area contributed by atoms with Crippen LogP contribution in [-0.4, -0.2) is 21.1 Å². The van der Waals surface area contributed by atoms with Crippen LogP contribution in [0.15, 0.2) is 64.5 Å². The number of aryl methyl sites for hydroxylation is 1. The van der Waals surface area contributed by atoms with Gasteiger partial charge in [-0.05, 0) is 35.8 Å². The third-order valence-electron chi connectivity index (χ3n) is 3.35. The minimum Gasteiger partial charge on any atom is -0.265 e. The van der Waals surface area contributed by atoms with E-state index in [1.54, 1.807) is 13.1 Å². The monoisotopic (exact) mass is 322 g/mol. The highest BCUT2D eigenvalue weighted by atomic mass is 32.1. The maximum Gasteiger partial charge on any atom is 0.296 e. The molecule has 0 aliphatic rings. The van der Waals surface area contributed by atoms with Gasteiger partial charge in [0.15, 0.2) is 0 Å². The van der Waals surface area contributed by atoms with Gasteiger partial charge in [0.05, 0.1) is 6.21 Å². The fourth-order valence-electron chi connectivity index (χ4n) is 2.09. The first-order chi connectivity index (χ1) is 11.1. The van der Waals surface area contributed by atoms with Crippen molar-refractivity contribution >= 4 is 18.4 Å². The standard InChI is InChI=1S/C17H14N4OS/c1-12-16(22)21(17(23)20-19-12)18-11-13-7-9-15(10-8-13)14-5-3-2-4-6-14/h2-11H,1H3,(H,20,23)/b18-11-. The highest BCUT2D eigenvalue weighted by molar-refractivity contribution is 7.71. The van der Waals surface area contributed by atoms with E-state index in [4.69, 9.17) is 12.2 Å². The number of benzene rings is 2. The molecule has 5 nitrogen and oxygen atoms in total. The minimum absolute atomic E-state index is 0.165. The molecule has 0 atom stereocenters. The Balaban J connectivity index is 1.89. The van der Waals surface area contributed by atoms with Crippen molar-refractivity contribution in [1.82, 2.24) is 14.9 Å². The number of H-pyrrole nitrogens is 1. The average molecular weight is 322 g/mol. The molecular weight excluding hydrogens is 308 g/mol. The van der Waals surface area contributed by atoms with E-state index in [-0.39, 0.29) is 10.3 Å². The van der Waals surface area contributed by atoms with Crippen LogP contribution in [0.25, 0.3) is 11.1 Å². The molecule has 0 saturated carbocycles. The van der Waals surface area contributed by atoms with Crippen molar-refractivity contribution in [2.45, 2.75) is 6.92 Å². The summed E-state index contributed by atoms with van der Waals surface area (Å²) in [6, 6.07) is 18.0. The summed E-state index contributed by atoms with van der Waals surface area (Å²) in [6.07, 6.45) is 1.60. The topological polar surface area (TPSA) is 63.0 Å². The second-order valence-electron chi connectivity index (χ2n) is 4.96. The molecule has 6 heteroatoms. The first-order valence-electron chi connectivity index (χ1n) is 7.03. The van der Waals surface area contributed by atoms with Crippen LogP contribution in [0.2, 0.25) is 0 Å². The molecule has 0 amide bonds. The van der Waals surface area contributed by atoms with Crippen molar-refractivity contribution in [3.8, 4) is 11.1 Å². The van der Waals surface area contributed by atoms with Crippen LogP contribution in [0.1, 0.15) is 11.3 Å². The molecule has 3 aromatic rings. The third kappa shape index (κ3) is 3.32. The lowest BCUT2D eigenvalue weighted by atomic mass is 10.0. The van der Waals surface area contributed by atoms with E-state index in [9.17, 15) is 4.79 Å². The van der Waals surface area contributed by atoms with Gasteiger partial charge in [-0.25, -0.2) is 0 Å². The normalized spacial score (nSPS) is 11.0. The summed E-state index contributed by atoms with van der Waals surface area (Å²) >= 11 is 5.03. The van der Waals surface area contributed by atoms with Gasteiger partial charge in [-0.15, -0.1) is 0 Å². The van der Waals surface area contributed by atoms with Gasteiger partial charge < -0.3 is 0 Å². The summed E-state index contributed by atoms with van der Waals surface area (Å²) < 4.78 is 1.29. The van der Waals surface area contributed by atoms with Crippen molar-refractivity contribution in [3.63, 3.8) is 0 Å². The Kier molecular flexibility index (Phi) is 4.25. The predicted octanol–water partition coefficient (Wildman–Crippen LogP) is 3.16. The van der Waals surface area contributed by atoms with Crippen molar-refractivity contribution < 1.29 is 0 Å². The fourth-order valence-corrected chi connectivity index (χ4v) is 2.27. The zero-order chi connectivity index (χ0) is 16.2. The van der Waals surface area contributed by atoms with Crippen LogP contribution in [0.5, 0.6) is 0 Å². The van der Waals surface area contributed by atoms with Gasteiger partial charge in [-0.1, -0.05) is 54.6 Å². The van der Waals surface area contributed by atoms with Gasteiger partial charge >= 0.3 is 0 Å². The number of hydrogen-bond acceptors (Lipinski definition) is 4. The number of nitrogens with one attached hydrogen (secondary N) is 1. The maximum atomic E-state index is 11.9. The van der Waals surface area contributed by atoms with E-state index in [1.807, 2.05) is 42.5 Å². The molecule has 2 aromatic carbocycles. The molecule has 23 heavy (non-hydrogen) atoms. The molecule has 0 unspecified atom stereocenters. The SMILES string of the molecule is Cc1n[nH]c(=S)n(/N=C\c2ccc(-c3ccccc3)cc2)c1=O. The number of nitrogens with zero attached hydrogens (tertiary/aromatic N) is 3. The third-order valence-corrected chi connectivity index (χ3v) is 3.62. The first kappa shape index (κ1) is 15.1. The van der Waals surface area contributed by atoms with Crippen LogP contribution in [0.4, 0.5) is 0 Å². The smallest absolute Gasteiger partial charge is 0.265 e. The molecule has 1 N–H and O–H groups in total. The van der Waals surface area contributed by atoms with E-state index in [0.29, 0.717) is 5.69 Å². The lowest BCUT2D eigenvalue weighted by Gasteiger charge is -2.02. The summed E-state index contributed by atoms with van der Waals surface area (Å²) in [6.45, 7) is 1.61. The molecule has 0 spiro atoms. The van der Waals surface area contributed by atoms with Crippen molar-refractivity contribution in [1.29, 1.82) is 0 Å². The van der Waals surface area contributed by atoms with Crippen LogP contribution in [-0.2, 0) is 0 Å². The van der Waals surface area contributed by atoms with Crippen LogP contribution < -0.4 is 5.56 Å². The van der Waals surface area contributed by atoms with E-state index >= 15 is 0 Å². The summed E-state index contributed by atoms with van der Waals surface area (Å²) in [5.41, 5.74) is 3.14. The van der Waals surface area contributed by atoms with Gasteiger partial charge in [-0.2, -0.15) is 14.9 Å². The van der Waals surface area contributed by atoms with Crippen molar-refractivity contribution in [2.24, 2.45) is 5.10 Å². The van der Waals surface area contributed by atoms with Gasteiger partial charge in [0.25, 0.3) is 5.56 Å². The van der Waals surface area contributed by atoms with Crippen LogP contribution in [0, 0.1) is 11.7 Å². The van der Waals surface area contributed by atoms with Crippen molar-refractivity contribution in [3.05, 3.63) is 81.0 Å². The lowest BCUT2D eigenvalue weighted by molar-refractivity contribution is 0.720. The summed E-state index contributed by atoms with van der Waals surface area (Å²) in [4.78, 5) is 11.9. The van der Waals surface area contributed by atoms with Crippen LogP contribution in [0.3, 0.4) is 0 Å². The van der Waals surface area contributed by atoms with E-state index < -0.39 is 0 Å². The maximum absolute atomic E-state index is 11.9. The zero-order valence-electron chi connectivity index (χ0n) is 12.4. The Bertz CT molecular complexity index is 956. The predicted molar refractivity (Wildman–Crippen MR) is 93.3 cm³/mol. The average Bonchev–Trinajstić information content (AvgIpc) is 2.60. The Morgan fingerprint density at radius 3 is 2.43 bits per heavy atom.